The van der Waals surface area contributed by atoms with Crippen LogP contribution in [-0.4, -0.2) is 39.6 Å². The van der Waals surface area contributed by atoms with Crippen molar-refractivity contribution in [3.8, 4) is 11.1 Å². The second-order valence-corrected chi connectivity index (χ2v) is 8.70. The molecule has 0 aliphatic carbocycles. The van der Waals surface area contributed by atoms with Gasteiger partial charge in [0.2, 0.25) is 0 Å². The second-order valence-electron chi connectivity index (χ2n) is 8.46. The van der Waals surface area contributed by atoms with Crippen LogP contribution in [0.1, 0.15) is 40.6 Å². The number of aliphatic hydroxyl groups excluding tert-OH is 2. The molecule has 0 aromatic heterocycles. The van der Waals surface area contributed by atoms with Crippen LogP contribution in [0.25, 0.3) is 11.1 Å². The molecule has 0 saturated heterocycles. The monoisotopic (exact) mass is 477 g/mol. The summed E-state index contributed by atoms with van der Waals surface area (Å²) in [6.07, 6.45) is -0.867. The first-order valence-electron chi connectivity index (χ1n) is 11.3. The van der Waals surface area contributed by atoms with Crippen molar-refractivity contribution in [1.82, 2.24) is 4.90 Å². The summed E-state index contributed by atoms with van der Waals surface area (Å²) in [6.45, 7) is 0.127. The normalized spacial score (nSPS) is 16.7. The van der Waals surface area contributed by atoms with Crippen LogP contribution in [0.4, 0.5) is 0 Å². The van der Waals surface area contributed by atoms with Gasteiger partial charge in [0, 0.05) is 17.7 Å². The third kappa shape index (κ3) is 5.20. The van der Waals surface area contributed by atoms with Crippen molar-refractivity contribution in [2.75, 3.05) is 6.54 Å². The summed E-state index contributed by atoms with van der Waals surface area (Å²) >= 11 is 0. The van der Waals surface area contributed by atoms with Gasteiger partial charge in [0.25, 0.3) is 5.91 Å². The lowest BCUT2D eigenvalue weighted by Gasteiger charge is -2.25. The van der Waals surface area contributed by atoms with E-state index in [1.165, 1.54) is 4.90 Å². The minimum atomic E-state index is -1.06. The van der Waals surface area contributed by atoms with E-state index in [4.69, 9.17) is 4.52 Å². The summed E-state index contributed by atoms with van der Waals surface area (Å²) in [5.41, 5.74) is 4.32. The molecule has 1 aliphatic heterocycles. The predicted octanol–water partition coefficient (Wildman–Crippen LogP) is 4.13. The van der Waals surface area contributed by atoms with Gasteiger partial charge in [0.1, 0.15) is 0 Å². The van der Waals surface area contributed by atoms with Crippen LogP contribution in [0.3, 0.4) is 0 Å². The number of aliphatic hydroxyl groups is 2. The molecule has 3 aromatic rings. The molecule has 3 aromatic carbocycles. The van der Waals surface area contributed by atoms with Gasteiger partial charge in [0.15, 0.2) is 6.23 Å². The van der Waals surface area contributed by atoms with Crippen molar-refractivity contribution in [2.24, 2.45) is 5.92 Å². The lowest BCUT2D eigenvalue weighted by Crippen LogP contribution is -2.35. The van der Waals surface area contributed by atoms with Gasteiger partial charge >= 0.3 is 5.97 Å². The fraction of sp³-hybridized carbons (Fsp3) is 0.259. The van der Waals surface area contributed by atoms with Gasteiger partial charge in [-0.2, -0.15) is 0 Å². The molecular weight excluding hydrogens is 449 g/mol. The van der Waals surface area contributed by atoms with Crippen LogP contribution < -0.4 is 0 Å². The Morgan fingerprint density at radius 3 is 2.26 bits per heavy atom. The lowest BCUT2D eigenvalue weighted by molar-refractivity contribution is -0.142. The molecule has 4 rings (SSSR count). The van der Waals surface area contributed by atoms with Crippen molar-refractivity contribution in [1.29, 1.82) is 0 Å². The molecule has 0 spiro atoms. The number of nitrogens with zero attached hydrogens (tertiary/aromatic N) is 1. The number of aryl methyl sites for hydroxylation is 1. The molecule has 1 aliphatic rings. The van der Waals surface area contributed by atoms with Gasteiger partial charge in [-0.05, 0) is 42.0 Å². The number of amides is 1. The second kappa shape index (κ2) is 10.9. The van der Waals surface area contributed by atoms with Crippen LogP contribution in [-0.2, 0) is 15.7 Å². The molecule has 0 bridgehead atoms. The van der Waals surface area contributed by atoms with Crippen LogP contribution in [0, 0.1) is 5.92 Å². The SMILES string of the molecule is O=C(OP)C(CCN1C(=O)c2ccccc2C1O)C(O)CCc1ccc(-c2ccccc2)cc1. The number of rotatable bonds is 9. The van der Waals surface area contributed by atoms with Crippen LogP contribution in [0.5, 0.6) is 0 Å². The van der Waals surface area contributed by atoms with E-state index in [0.717, 1.165) is 16.7 Å². The zero-order valence-electron chi connectivity index (χ0n) is 18.7. The maximum atomic E-state index is 12.7. The van der Waals surface area contributed by atoms with E-state index in [1.807, 2.05) is 51.9 Å². The largest absolute Gasteiger partial charge is 0.451 e. The zero-order chi connectivity index (χ0) is 24.1. The average Bonchev–Trinajstić information content (AvgIpc) is 3.13. The topological polar surface area (TPSA) is 87.1 Å². The van der Waals surface area contributed by atoms with Gasteiger partial charge < -0.3 is 19.6 Å². The molecule has 34 heavy (non-hydrogen) atoms. The molecule has 0 fully saturated rings. The van der Waals surface area contributed by atoms with Crippen LogP contribution >= 0.6 is 9.47 Å². The first kappa shape index (κ1) is 24.1. The smallest absolute Gasteiger partial charge is 0.313 e. The Morgan fingerprint density at radius 2 is 1.59 bits per heavy atom. The average molecular weight is 477 g/mol. The van der Waals surface area contributed by atoms with E-state index < -0.39 is 24.2 Å². The van der Waals surface area contributed by atoms with Gasteiger partial charge in [0.05, 0.1) is 21.5 Å². The Bertz CT molecular complexity index is 1140. The summed E-state index contributed by atoms with van der Waals surface area (Å²) in [4.78, 5) is 26.4. The summed E-state index contributed by atoms with van der Waals surface area (Å²) in [5, 5.41) is 21.3. The van der Waals surface area contributed by atoms with Crippen molar-refractivity contribution >= 4 is 21.3 Å². The molecule has 4 atom stereocenters. The number of benzene rings is 3. The Kier molecular flexibility index (Phi) is 7.73. The van der Waals surface area contributed by atoms with E-state index in [1.54, 1.807) is 24.3 Å². The van der Waals surface area contributed by atoms with E-state index >= 15 is 0 Å². The maximum Gasteiger partial charge on any atom is 0.313 e. The number of carbonyl (C=O) groups excluding carboxylic acids is 2. The molecule has 6 nitrogen and oxygen atoms in total. The number of fused-ring (bicyclic) bond motifs is 1. The van der Waals surface area contributed by atoms with Crippen LogP contribution in [0.2, 0.25) is 0 Å². The highest BCUT2D eigenvalue weighted by Gasteiger charge is 2.36. The Labute approximate surface area is 201 Å². The van der Waals surface area contributed by atoms with Gasteiger partial charge in [-0.3, -0.25) is 9.59 Å². The zero-order valence-corrected chi connectivity index (χ0v) is 19.9. The Balaban J connectivity index is 1.36. The molecule has 4 unspecified atom stereocenters. The highest BCUT2D eigenvalue weighted by molar-refractivity contribution is 7.10. The van der Waals surface area contributed by atoms with Crippen molar-refractivity contribution in [2.45, 2.75) is 31.6 Å². The summed E-state index contributed by atoms with van der Waals surface area (Å²) in [7, 11) is 1.92. The molecular formula is C27H28NO5P. The first-order chi connectivity index (χ1) is 16.5. The first-order valence-corrected chi connectivity index (χ1v) is 11.8. The standard InChI is InChI=1S/C27H28NO5P/c29-24(15-12-18-10-13-20(14-11-18)19-6-2-1-3-7-19)23(27(32)33-34)16-17-28-25(30)21-8-4-5-9-22(21)26(28)31/h1-11,13-14,23-25,29-30H,12,15-17,34H2. The number of hydrogen-bond acceptors (Lipinski definition) is 5. The van der Waals surface area contributed by atoms with Gasteiger partial charge in [-0.25, -0.2) is 0 Å². The predicted molar refractivity (Wildman–Crippen MR) is 133 cm³/mol. The fourth-order valence-corrected chi connectivity index (χ4v) is 4.59. The Hall–Kier alpha value is -3.05. The highest BCUT2D eigenvalue weighted by Crippen LogP contribution is 2.32. The van der Waals surface area contributed by atoms with E-state index in [0.29, 0.717) is 24.0 Å². The third-order valence-corrected chi connectivity index (χ3v) is 6.61. The number of hydrogen-bond donors (Lipinski definition) is 2. The molecule has 1 heterocycles. The van der Waals surface area contributed by atoms with Crippen LogP contribution in [0.15, 0.2) is 78.9 Å². The summed E-state index contributed by atoms with van der Waals surface area (Å²) < 4.78 is 4.83. The minimum absolute atomic E-state index is 0.127. The van der Waals surface area contributed by atoms with Crippen molar-refractivity contribution in [3.05, 3.63) is 95.6 Å². The van der Waals surface area contributed by atoms with E-state index in [9.17, 15) is 19.8 Å². The third-order valence-electron chi connectivity index (χ3n) is 6.38. The molecule has 176 valence electrons. The molecule has 7 heteroatoms. The Morgan fingerprint density at radius 1 is 0.941 bits per heavy atom. The minimum Gasteiger partial charge on any atom is -0.451 e. The van der Waals surface area contributed by atoms with Crippen molar-refractivity contribution < 1.29 is 24.3 Å². The van der Waals surface area contributed by atoms with E-state index in [2.05, 4.69) is 12.1 Å². The summed E-state index contributed by atoms with van der Waals surface area (Å²) in [5.74, 6) is -1.66. The lowest BCUT2D eigenvalue weighted by atomic mass is 9.93. The van der Waals surface area contributed by atoms with E-state index in [-0.39, 0.29) is 18.9 Å². The van der Waals surface area contributed by atoms with Gasteiger partial charge in [-0.1, -0.05) is 72.8 Å². The molecule has 0 saturated carbocycles. The number of carbonyl (C=O) groups is 2. The summed E-state index contributed by atoms with van der Waals surface area (Å²) in [6, 6.07) is 25.1. The molecule has 2 N–H and O–H groups in total. The van der Waals surface area contributed by atoms with Crippen molar-refractivity contribution in [3.63, 3.8) is 0 Å². The highest BCUT2D eigenvalue weighted by atomic mass is 31.0. The quantitative estimate of drug-likeness (QED) is 0.453. The maximum absolute atomic E-state index is 12.7. The fourth-order valence-electron chi connectivity index (χ4n) is 4.42. The molecule has 0 radical (unpaired) electrons. The molecule has 1 amide bonds. The van der Waals surface area contributed by atoms with Gasteiger partial charge in [-0.15, -0.1) is 0 Å².